The molecule has 146 valence electrons. The Morgan fingerprint density at radius 1 is 1.07 bits per heavy atom. The van der Waals surface area contributed by atoms with E-state index >= 15 is 0 Å². The number of amides is 3. The highest BCUT2D eigenvalue weighted by Gasteiger charge is 2.15. The second kappa shape index (κ2) is 9.41. The van der Waals surface area contributed by atoms with Gasteiger partial charge in [0, 0.05) is 13.1 Å². The van der Waals surface area contributed by atoms with E-state index in [1.807, 2.05) is 54.6 Å². The number of hydrogen-bond donors (Lipinski definition) is 2. The zero-order valence-electron chi connectivity index (χ0n) is 16.0. The zero-order valence-corrected chi connectivity index (χ0v) is 16.8. The minimum absolute atomic E-state index is 0.125. The summed E-state index contributed by atoms with van der Waals surface area (Å²) in [7, 11) is 0. The molecule has 3 amide bonds. The highest BCUT2D eigenvalue weighted by molar-refractivity contribution is 7.99. The summed E-state index contributed by atoms with van der Waals surface area (Å²) in [6.07, 6.45) is 0. The first-order valence-corrected chi connectivity index (χ1v) is 10.2. The van der Waals surface area contributed by atoms with Gasteiger partial charge in [0.15, 0.2) is 5.16 Å². The van der Waals surface area contributed by atoms with Gasteiger partial charge in [-0.3, -0.25) is 10.1 Å². The van der Waals surface area contributed by atoms with Crippen molar-refractivity contribution in [3.8, 4) is 0 Å². The molecule has 7 heteroatoms. The number of fused-ring (bicyclic) bond motifs is 1. The summed E-state index contributed by atoms with van der Waals surface area (Å²) in [5.74, 6) is 0.230. The molecule has 0 aliphatic carbocycles. The summed E-state index contributed by atoms with van der Waals surface area (Å²) >= 11 is 1.34. The number of aromatic nitrogens is 2. The minimum Gasteiger partial charge on any atom is -0.334 e. The lowest BCUT2D eigenvalue weighted by molar-refractivity contribution is -0.117. The van der Waals surface area contributed by atoms with Crippen LogP contribution in [0.5, 0.6) is 0 Å². The first-order chi connectivity index (χ1) is 13.5. The van der Waals surface area contributed by atoms with Crippen molar-refractivity contribution in [3.05, 3.63) is 60.2 Å². The van der Waals surface area contributed by atoms with Crippen molar-refractivity contribution in [1.29, 1.82) is 0 Å². The fraction of sp³-hybridized carbons (Fsp3) is 0.286. The summed E-state index contributed by atoms with van der Waals surface area (Å²) in [5, 5.41) is 5.84. The van der Waals surface area contributed by atoms with E-state index in [2.05, 4.69) is 34.0 Å². The summed E-state index contributed by atoms with van der Waals surface area (Å²) in [6, 6.07) is 17.0. The van der Waals surface area contributed by atoms with Crippen LogP contribution >= 0.6 is 11.8 Å². The molecule has 1 heterocycles. The topological polar surface area (TPSA) is 76.0 Å². The van der Waals surface area contributed by atoms with E-state index in [1.54, 1.807) is 0 Å². The predicted octanol–water partition coefficient (Wildman–Crippen LogP) is 3.81. The molecule has 0 atom stereocenters. The van der Waals surface area contributed by atoms with Gasteiger partial charge in [0.2, 0.25) is 5.91 Å². The van der Waals surface area contributed by atoms with E-state index in [4.69, 9.17) is 0 Å². The molecular weight excluding hydrogens is 372 g/mol. The molecule has 0 fully saturated rings. The Morgan fingerprint density at radius 3 is 2.54 bits per heavy atom. The van der Waals surface area contributed by atoms with Gasteiger partial charge in [-0.1, -0.05) is 68.1 Å². The molecule has 0 saturated heterocycles. The maximum absolute atomic E-state index is 12.2. The average Bonchev–Trinajstić information content (AvgIpc) is 3.03. The number of carbonyl (C=O) groups excluding carboxylic acids is 2. The molecule has 2 aromatic carbocycles. The van der Waals surface area contributed by atoms with E-state index < -0.39 is 6.03 Å². The Balaban J connectivity index is 1.56. The molecule has 1 aromatic heterocycles. The van der Waals surface area contributed by atoms with E-state index in [0.717, 1.165) is 28.3 Å². The first-order valence-electron chi connectivity index (χ1n) is 9.22. The van der Waals surface area contributed by atoms with Gasteiger partial charge in [-0.2, -0.15) is 0 Å². The highest BCUT2D eigenvalue weighted by Crippen LogP contribution is 2.25. The SMILES string of the molecule is CC(C)Cn1c(SCC(=O)NC(=O)NCc2ccccc2)nc2ccccc21. The molecule has 0 bridgehead atoms. The molecule has 3 rings (SSSR count). The van der Waals surface area contributed by atoms with Crippen LogP contribution in [0, 0.1) is 5.92 Å². The largest absolute Gasteiger partial charge is 0.334 e. The standard InChI is InChI=1S/C21H24N4O2S/c1-15(2)13-25-18-11-7-6-10-17(18)23-21(25)28-14-19(26)24-20(27)22-12-16-8-4-3-5-9-16/h3-11,15H,12-14H2,1-2H3,(H2,22,24,26,27). The number of imide groups is 1. The van der Waals surface area contributed by atoms with Crippen LogP contribution in [-0.2, 0) is 17.9 Å². The highest BCUT2D eigenvalue weighted by atomic mass is 32.2. The van der Waals surface area contributed by atoms with Crippen molar-refractivity contribution in [2.75, 3.05) is 5.75 Å². The zero-order chi connectivity index (χ0) is 19.9. The number of urea groups is 1. The molecule has 0 aliphatic heterocycles. The molecule has 0 spiro atoms. The average molecular weight is 397 g/mol. The Kier molecular flexibility index (Phi) is 6.71. The van der Waals surface area contributed by atoms with E-state index in [0.29, 0.717) is 12.5 Å². The number of hydrogen-bond acceptors (Lipinski definition) is 4. The summed E-state index contributed by atoms with van der Waals surface area (Å²) in [5.41, 5.74) is 2.94. The third kappa shape index (κ3) is 5.36. The van der Waals surface area contributed by atoms with Gasteiger partial charge in [-0.25, -0.2) is 9.78 Å². The Hall–Kier alpha value is -2.80. The van der Waals surface area contributed by atoms with Crippen molar-refractivity contribution in [1.82, 2.24) is 20.2 Å². The smallest absolute Gasteiger partial charge is 0.321 e. The van der Waals surface area contributed by atoms with Crippen LogP contribution in [0.15, 0.2) is 59.8 Å². The van der Waals surface area contributed by atoms with Gasteiger partial charge in [-0.15, -0.1) is 0 Å². The lowest BCUT2D eigenvalue weighted by atomic mass is 10.2. The fourth-order valence-corrected chi connectivity index (χ4v) is 3.64. The van der Waals surface area contributed by atoms with Crippen LogP contribution in [0.3, 0.4) is 0 Å². The van der Waals surface area contributed by atoms with Crippen molar-refractivity contribution in [3.63, 3.8) is 0 Å². The second-order valence-electron chi connectivity index (χ2n) is 6.89. The lowest BCUT2D eigenvalue weighted by Crippen LogP contribution is -2.40. The number of imidazole rings is 1. The quantitative estimate of drug-likeness (QED) is 0.596. The molecule has 28 heavy (non-hydrogen) atoms. The van der Waals surface area contributed by atoms with Crippen LogP contribution in [0.2, 0.25) is 0 Å². The minimum atomic E-state index is -0.495. The maximum Gasteiger partial charge on any atom is 0.321 e. The van der Waals surface area contributed by atoms with Crippen LogP contribution in [0.4, 0.5) is 4.79 Å². The number of para-hydroxylation sites is 2. The Bertz CT molecular complexity index is 953. The number of nitrogens with zero attached hydrogens (tertiary/aromatic N) is 2. The monoisotopic (exact) mass is 396 g/mol. The number of thioether (sulfide) groups is 1. The molecule has 0 saturated carbocycles. The Morgan fingerprint density at radius 2 is 1.79 bits per heavy atom. The summed E-state index contributed by atoms with van der Waals surface area (Å²) < 4.78 is 2.13. The van der Waals surface area contributed by atoms with E-state index in [1.165, 1.54) is 11.8 Å². The molecule has 0 aliphatic rings. The third-order valence-electron chi connectivity index (χ3n) is 4.05. The molecule has 2 N–H and O–H groups in total. The number of benzene rings is 2. The normalized spacial score (nSPS) is 11.0. The van der Waals surface area contributed by atoms with Crippen molar-refractivity contribution in [2.45, 2.75) is 32.1 Å². The second-order valence-corrected chi connectivity index (χ2v) is 7.84. The van der Waals surface area contributed by atoms with Crippen LogP contribution in [-0.4, -0.2) is 27.2 Å². The van der Waals surface area contributed by atoms with Gasteiger partial charge in [-0.05, 0) is 23.6 Å². The van der Waals surface area contributed by atoms with Crippen LogP contribution in [0.25, 0.3) is 11.0 Å². The van der Waals surface area contributed by atoms with Crippen molar-refractivity contribution >= 4 is 34.7 Å². The summed E-state index contributed by atoms with van der Waals surface area (Å²) in [6.45, 7) is 5.49. The Labute approximate surface area is 168 Å². The number of rotatable bonds is 7. The van der Waals surface area contributed by atoms with Crippen molar-refractivity contribution in [2.24, 2.45) is 5.92 Å². The van der Waals surface area contributed by atoms with E-state index in [9.17, 15) is 9.59 Å². The maximum atomic E-state index is 12.2. The van der Waals surface area contributed by atoms with Crippen LogP contribution < -0.4 is 10.6 Å². The van der Waals surface area contributed by atoms with Gasteiger partial charge in [0.05, 0.1) is 16.8 Å². The predicted molar refractivity (Wildman–Crippen MR) is 112 cm³/mol. The van der Waals surface area contributed by atoms with Gasteiger partial charge < -0.3 is 9.88 Å². The first kappa shape index (κ1) is 19.9. The third-order valence-corrected chi connectivity index (χ3v) is 5.02. The van der Waals surface area contributed by atoms with Gasteiger partial charge in [0.25, 0.3) is 0 Å². The molecule has 6 nitrogen and oxygen atoms in total. The van der Waals surface area contributed by atoms with Crippen molar-refractivity contribution < 1.29 is 9.59 Å². The molecular formula is C21H24N4O2S. The fourth-order valence-electron chi connectivity index (χ4n) is 2.82. The molecule has 0 unspecified atom stereocenters. The molecule has 0 radical (unpaired) electrons. The number of carbonyl (C=O) groups is 2. The van der Waals surface area contributed by atoms with Gasteiger partial charge >= 0.3 is 6.03 Å². The molecule has 3 aromatic rings. The van der Waals surface area contributed by atoms with Crippen LogP contribution in [0.1, 0.15) is 19.4 Å². The van der Waals surface area contributed by atoms with E-state index in [-0.39, 0.29) is 11.7 Å². The lowest BCUT2D eigenvalue weighted by Gasteiger charge is -2.11. The van der Waals surface area contributed by atoms with Gasteiger partial charge in [0.1, 0.15) is 0 Å². The number of nitrogens with one attached hydrogen (secondary N) is 2. The summed E-state index contributed by atoms with van der Waals surface area (Å²) in [4.78, 5) is 28.7.